The Morgan fingerprint density at radius 3 is 3.13 bits per heavy atom. The Morgan fingerprint density at radius 1 is 1.73 bits per heavy atom. The minimum atomic E-state index is -0.123. The Balaban J connectivity index is 2.18. The molecule has 82 valence electrons. The summed E-state index contributed by atoms with van der Waals surface area (Å²) in [4.78, 5) is 17.6. The molecule has 15 heavy (non-hydrogen) atoms. The average molecular weight is 227 g/mol. The summed E-state index contributed by atoms with van der Waals surface area (Å²) in [5.74, 6) is 0.304. The van der Waals surface area contributed by atoms with Crippen LogP contribution in [0.15, 0.2) is 0 Å². The molecule has 1 aliphatic rings. The molecule has 6 nitrogen and oxygen atoms in total. The molecule has 1 fully saturated rings. The Bertz CT molecular complexity index is 366. The quantitative estimate of drug-likeness (QED) is 0.733. The second kappa shape index (κ2) is 4.01. The van der Waals surface area contributed by atoms with Crippen molar-refractivity contribution in [2.75, 3.05) is 24.2 Å². The van der Waals surface area contributed by atoms with E-state index in [-0.39, 0.29) is 17.9 Å². The lowest BCUT2D eigenvalue weighted by Crippen LogP contribution is -2.41. The maximum atomic E-state index is 11.6. The van der Waals surface area contributed by atoms with E-state index in [1.54, 1.807) is 7.05 Å². The van der Waals surface area contributed by atoms with Gasteiger partial charge in [0, 0.05) is 25.1 Å². The van der Waals surface area contributed by atoms with Crippen LogP contribution in [0, 0.1) is 0 Å². The summed E-state index contributed by atoms with van der Waals surface area (Å²) in [6.07, 6.45) is 1.86. The number of anilines is 2. The van der Waals surface area contributed by atoms with Gasteiger partial charge in [0.2, 0.25) is 17.0 Å². The lowest BCUT2D eigenvalue weighted by atomic mass is 10.2. The first-order valence-corrected chi connectivity index (χ1v) is 5.57. The molecule has 7 heteroatoms. The first kappa shape index (κ1) is 10.2. The fraction of sp³-hybridized carbons (Fsp3) is 0.625. The number of hydrogen-bond donors (Lipinski definition) is 2. The van der Waals surface area contributed by atoms with Gasteiger partial charge < -0.3 is 16.0 Å². The zero-order valence-corrected chi connectivity index (χ0v) is 9.25. The third kappa shape index (κ3) is 1.87. The largest absolute Gasteiger partial charge is 0.367 e. The van der Waals surface area contributed by atoms with Crippen LogP contribution in [0.3, 0.4) is 0 Å². The zero-order valence-electron chi connectivity index (χ0n) is 8.43. The van der Waals surface area contributed by atoms with Crippen molar-refractivity contribution in [3.05, 3.63) is 0 Å². The van der Waals surface area contributed by atoms with Gasteiger partial charge in [-0.3, -0.25) is 4.79 Å². The van der Waals surface area contributed by atoms with Crippen molar-refractivity contribution in [3.63, 3.8) is 0 Å². The van der Waals surface area contributed by atoms with E-state index in [1.807, 2.05) is 4.90 Å². The van der Waals surface area contributed by atoms with Gasteiger partial charge in [0.25, 0.3) is 0 Å². The van der Waals surface area contributed by atoms with Crippen molar-refractivity contribution in [1.82, 2.24) is 14.7 Å². The van der Waals surface area contributed by atoms with E-state index < -0.39 is 0 Å². The van der Waals surface area contributed by atoms with Gasteiger partial charge in [-0.2, -0.15) is 9.36 Å². The summed E-state index contributed by atoms with van der Waals surface area (Å²) in [5.41, 5.74) is 5.46. The van der Waals surface area contributed by atoms with E-state index >= 15 is 0 Å². The lowest BCUT2D eigenvalue weighted by molar-refractivity contribution is -0.121. The molecule has 1 aliphatic heterocycles. The third-order valence-corrected chi connectivity index (χ3v) is 3.25. The molecule has 0 spiro atoms. The minimum Gasteiger partial charge on any atom is -0.367 e. The van der Waals surface area contributed by atoms with Crippen LogP contribution in [0.1, 0.15) is 12.8 Å². The van der Waals surface area contributed by atoms with Crippen LogP contribution in [0.2, 0.25) is 0 Å². The second-order valence-corrected chi connectivity index (χ2v) is 4.13. The number of nitrogens with zero attached hydrogens (tertiary/aromatic N) is 3. The predicted octanol–water partition coefficient (Wildman–Crippen LogP) is -0.165. The van der Waals surface area contributed by atoms with Gasteiger partial charge in [-0.05, 0) is 12.8 Å². The fourth-order valence-electron chi connectivity index (χ4n) is 1.78. The molecule has 1 amide bonds. The highest BCUT2D eigenvalue weighted by molar-refractivity contribution is 7.09. The van der Waals surface area contributed by atoms with Crippen molar-refractivity contribution >= 4 is 28.5 Å². The number of amides is 1. The topological polar surface area (TPSA) is 84.1 Å². The molecule has 0 saturated carbocycles. The number of likely N-dealkylation sites (N-methyl/N-ethyl adjacent to an activating group) is 1. The summed E-state index contributed by atoms with van der Waals surface area (Å²) in [7, 11) is 1.65. The normalized spacial score (nSPS) is 20.6. The third-order valence-electron chi connectivity index (χ3n) is 2.48. The molecule has 1 aromatic heterocycles. The summed E-state index contributed by atoms with van der Waals surface area (Å²) in [6, 6.07) is -0.123. The van der Waals surface area contributed by atoms with Crippen LogP contribution in [0.25, 0.3) is 0 Å². The molecule has 2 rings (SSSR count). The highest BCUT2D eigenvalue weighted by Gasteiger charge is 2.32. The number of nitrogen functional groups attached to an aromatic ring is 1. The predicted molar refractivity (Wildman–Crippen MR) is 58.8 cm³/mol. The molecule has 1 atom stereocenters. The molecule has 1 aromatic rings. The van der Waals surface area contributed by atoms with E-state index in [2.05, 4.69) is 14.7 Å². The van der Waals surface area contributed by atoms with E-state index in [1.165, 1.54) is 11.5 Å². The van der Waals surface area contributed by atoms with Crippen LogP contribution in [0.5, 0.6) is 0 Å². The van der Waals surface area contributed by atoms with Gasteiger partial charge in [0.05, 0.1) is 0 Å². The minimum absolute atomic E-state index is 0.0290. The van der Waals surface area contributed by atoms with E-state index in [4.69, 9.17) is 5.73 Å². The van der Waals surface area contributed by atoms with Crippen LogP contribution < -0.4 is 16.0 Å². The number of nitrogens with one attached hydrogen (secondary N) is 1. The Labute approximate surface area is 91.6 Å². The van der Waals surface area contributed by atoms with Gasteiger partial charge in [-0.1, -0.05) is 0 Å². The maximum absolute atomic E-state index is 11.6. The summed E-state index contributed by atoms with van der Waals surface area (Å²) in [6.45, 7) is 0.840. The average Bonchev–Trinajstić information content (AvgIpc) is 2.84. The van der Waals surface area contributed by atoms with Crippen molar-refractivity contribution in [2.45, 2.75) is 18.9 Å². The Hall–Kier alpha value is -1.37. The van der Waals surface area contributed by atoms with Gasteiger partial charge >= 0.3 is 0 Å². The number of carbonyl (C=O) groups excluding carboxylic acids is 1. The highest BCUT2D eigenvalue weighted by atomic mass is 32.1. The molecule has 0 radical (unpaired) electrons. The molecule has 1 saturated heterocycles. The van der Waals surface area contributed by atoms with Gasteiger partial charge in [-0.15, -0.1) is 0 Å². The lowest BCUT2D eigenvalue weighted by Gasteiger charge is -2.21. The van der Waals surface area contributed by atoms with E-state index in [9.17, 15) is 4.79 Å². The van der Waals surface area contributed by atoms with Gasteiger partial charge in [0.1, 0.15) is 6.04 Å². The van der Waals surface area contributed by atoms with Crippen LogP contribution in [-0.2, 0) is 4.79 Å². The van der Waals surface area contributed by atoms with Crippen LogP contribution in [0.4, 0.5) is 11.1 Å². The fourth-order valence-corrected chi connectivity index (χ4v) is 2.45. The summed E-state index contributed by atoms with van der Waals surface area (Å²) >= 11 is 1.24. The van der Waals surface area contributed by atoms with Crippen molar-refractivity contribution in [3.8, 4) is 0 Å². The molecular formula is C8H13N5OS. The molecule has 0 aromatic carbocycles. The molecule has 1 unspecified atom stereocenters. The highest BCUT2D eigenvalue weighted by Crippen LogP contribution is 2.27. The first-order chi connectivity index (χ1) is 7.22. The first-order valence-electron chi connectivity index (χ1n) is 4.80. The Morgan fingerprint density at radius 2 is 2.53 bits per heavy atom. The smallest absolute Gasteiger partial charge is 0.242 e. The van der Waals surface area contributed by atoms with E-state index in [0.29, 0.717) is 0 Å². The zero-order chi connectivity index (χ0) is 10.8. The number of aromatic nitrogens is 2. The number of carbonyl (C=O) groups is 1. The number of rotatable bonds is 2. The summed E-state index contributed by atoms with van der Waals surface area (Å²) < 4.78 is 3.92. The Kier molecular flexibility index (Phi) is 2.72. The summed E-state index contributed by atoms with van der Waals surface area (Å²) in [5, 5.41) is 3.39. The molecule has 3 N–H and O–H groups in total. The van der Waals surface area contributed by atoms with Crippen LogP contribution >= 0.6 is 11.5 Å². The van der Waals surface area contributed by atoms with Crippen LogP contribution in [-0.4, -0.2) is 34.9 Å². The SMILES string of the molecule is CNC(=O)C1CCCN1c1nc(N)ns1. The van der Waals surface area contributed by atoms with Crippen molar-refractivity contribution in [1.29, 1.82) is 0 Å². The molecule has 0 bridgehead atoms. The van der Waals surface area contributed by atoms with E-state index in [0.717, 1.165) is 24.5 Å². The molecular weight excluding hydrogens is 214 g/mol. The molecule has 0 aliphatic carbocycles. The van der Waals surface area contributed by atoms with Gasteiger partial charge in [0.15, 0.2) is 0 Å². The standard InChI is InChI=1S/C8H13N5OS/c1-10-6(14)5-3-2-4-13(5)8-11-7(9)12-15-8/h5H,2-4H2,1H3,(H2,9,12)(H,10,14). The van der Waals surface area contributed by atoms with Crippen molar-refractivity contribution in [2.24, 2.45) is 0 Å². The monoisotopic (exact) mass is 227 g/mol. The molecule has 2 heterocycles. The maximum Gasteiger partial charge on any atom is 0.242 e. The van der Waals surface area contributed by atoms with Crippen molar-refractivity contribution < 1.29 is 4.79 Å². The van der Waals surface area contributed by atoms with Gasteiger partial charge in [-0.25, -0.2) is 0 Å². The number of hydrogen-bond acceptors (Lipinski definition) is 6. The second-order valence-electron chi connectivity index (χ2n) is 3.40. The number of nitrogens with two attached hydrogens (primary N) is 1.